The molecule has 0 unspecified atom stereocenters. The lowest BCUT2D eigenvalue weighted by Crippen LogP contribution is -2.27. The van der Waals surface area contributed by atoms with E-state index >= 15 is 0 Å². The number of benzene rings is 1. The van der Waals surface area contributed by atoms with Gasteiger partial charge in [-0.25, -0.2) is 4.79 Å². The van der Waals surface area contributed by atoms with E-state index in [1.54, 1.807) is 24.5 Å². The number of carbonyl (C=O) groups is 1. The second kappa shape index (κ2) is 7.37. The van der Waals surface area contributed by atoms with E-state index in [0.717, 1.165) is 12.2 Å². The van der Waals surface area contributed by atoms with Crippen molar-refractivity contribution in [2.24, 2.45) is 0 Å². The van der Waals surface area contributed by atoms with E-state index in [1.165, 1.54) is 5.56 Å². The fraction of sp³-hybridized carbons (Fsp3) is 0.353. The summed E-state index contributed by atoms with van der Waals surface area (Å²) >= 11 is 1.67. The first kappa shape index (κ1) is 17.1. The van der Waals surface area contributed by atoms with Gasteiger partial charge in [0, 0.05) is 18.3 Å². The summed E-state index contributed by atoms with van der Waals surface area (Å²) in [6, 6.07) is 7.60. The van der Waals surface area contributed by atoms with Gasteiger partial charge in [0.2, 0.25) is 0 Å². The third-order valence-electron chi connectivity index (χ3n) is 2.91. The van der Waals surface area contributed by atoms with Gasteiger partial charge < -0.3 is 14.8 Å². The Morgan fingerprint density at radius 1 is 1.26 bits per heavy atom. The van der Waals surface area contributed by atoms with E-state index in [2.05, 4.69) is 22.1 Å². The first-order valence-electron chi connectivity index (χ1n) is 7.30. The molecule has 0 radical (unpaired) electrons. The van der Waals surface area contributed by atoms with Crippen LogP contribution in [0.5, 0.6) is 5.75 Å². The molecule has 2 rings (SSSR count). The second-order valence-electron chi connectivity index (χ2n) is 6.03. The molecule has 1 aromatic heterocycles. The van der Waals surface area contributed by atoms with Crippen molar-refractivity contribution in [3.8, 4) is 5.75 Å². The second-order valence-corrected chi connectivity index (χ2v) is 6.81. The highest BCUT2D eigenvalue weighted by Crippen LogP contribution is 2.28. The van der Waals surface area contributed by atoms with Crippen molar-refractivity contribution >= 4 is 28.8 Å². The molecular formula is C17H22N2O3S. The zero-order valence-electron chi connectivity index (χ0n) is 13.8. The van der Waals surface area contributed by atoms with Crippen LogP contribution in [-0.2, 0) is 11.3 Å². The van der Waals surface area contributed by atoms with E-state index in [-0.39, 0.29) is 0 Å². The van der Waals surface area contributed by atoms with Gasteiger partial charge in [-0.3, -0.25) is 5.32 Å². The highest BCUT2D eigenvalue weighted by Gasteiger charge is 2.17. The standard InChI is InChI=1S/C17H22N2O3S/c1-17(2,3)22-16(20)19-14-6-5-13(9-15(14)21-4)18-10-12-7-8-23-11-12/h5-9,11,18H,10H2,1-4H3,(H,19,20). The van der Waals surface area contributed by atoms with Gasteiger partial charge in [0.15, 0.2) is 0 Å². The number of thiophene rings is 1. The third kappa shape index (κ3) is 5.49. The summed E-state index contributed by atoms with van der Waals surface area (Å²) in [6.07, 6.45) is -0.505. The molecule has 23 heavy (non-hydrogen) atoms. The molecule has 0 bridgehead atoms. The van der Waals surface area contributed by atoms with Crippen LogP contribution in [0.25, 0.3) is 0 Å². The molecule has 2 aromatic rings. The van der Waals surface area contributed by atoms with Crippen molar-refractivity contribution in [2.75, 3.05) is 17.7 Å². The van der Waals surface area contributed by atoms with Crippen LogP contribution in [0.15, 0.2) is 35.0 Å². The van der Waals surface area contributed by atoms with E-state index in [4.69, 9.17) is 9.47 Å². The van der Waals surface area contributed by atoms with E-state index in [9.17, 15) is 4.79 Å². The maximum atomic E-state index is 11.9. The molecule has 6 heteroatoms. The van der Waals surface area contributed by atoms with Gasteiger partial charge in [-0.05, 0) is 55.3 Å². The Kier molecular flexibility index (Phi) is 5.50. The monoisotopic (exact) mass is 334 g/mol. The fourth-order valence-electron chi connectivity index (χ4n) is 1.92. The Morgan fingerprint density at radius 2 is 2.04 bits per heavy atom. The lowest BCUT2D eigenvalue weighted by molar-refractivity contribution is 0.0635. The van der Waals surface area contributed by atoms with Crippen LogP contribution in [0.2, 0.25) is 0 Å². The molecule has 1 amide bonds. The normalized spacial score (nSPS) is 11.0. The average molecular weight is 334 g/mol. The summed E-state index contributed by atoms with van der Waals surface area (Å²) in [7, 11) is 1.57. The van der Waals surface area contributed by atoms with Crippen LogP contribution in [-0.4, -0.2) is 18.8 Å². The summed E-state index contributed by atoms with van der Waals surface area (Å²) in [4.78, 5) is 11.9. The zero-order chi connectivity index (χ0) is 16.9. The van der Waals surface area contributed by atoms with Crippen LogP contribution < -0.4 is 15.4 Å². The average Bonchev–Trinajstić information content (AvgIpc) is 2.97. The largest absolute Gasteiger partial charge is 0.494 e. The SMILES string of the molecule is COc1cc(NCc2ccsc2)ccc1NC(=O)OC(C)(C)C. The minimum Gasteiger partial charge on any atom is -0.494 e. The molecular weight excluding hydrogens is 312 g/mol. The summed E-state index contributed by atoms with van der Waals surface area (Å²) in [5.41, 5.74) is 2.18. The summed E-state index contributed by atoms with van der Waals surface area (Å²) in [5, 5.41) is 10.2. The minimum absolute atomic E-state index is 0.505. The number of anilines is 2. The smallest absolute Gasteiger partial charge is 0.412 e. The van der Waals surface area contributed by atoms with Crippen molar-refractivity contribution < 1.29 is 14.3 Å². The Hall–Kier alpha value is -2.21. The van der Waals surface area contributed by atoms with Gasteiger partial charge in [0.05, 0.1) is 12.8 Å². The molecule has 0 aliphatic carbocycles. The van der Waals surface area contributed by atoms with Crippen molar-refractivity contribution in [3.05, 3.63) is 40.6 Å². The van der Waals surface area contributed by atoms with Gasteiger partial charge in [0.25, 0.3) is 0 Å². The number of hydrogen-bond donors (Lipinski definition) is 2. The molecule has 5 nitrogen and oxygen atoms in total. The zero-order valence-corrected chi connectivity index (χ0v) is 14.6. The summed E-state index contributed by atoms with van der Waals surface area (Å²) in [6.45, 7) is 6.20. The Labute approximate surface area is 140 Å². The molecule has 1 aromatic carbocycles. The maximum Gasteiger partial charge on any atom is 0.412 e. The van der Waals surface area contributed by atoms with Gasteiger partial charge in [0.1, 0.15) is 11.4 Å². The first-order valence-corrected chi connectivity index (χ1v) is 8.24. The van der Waals surface area contributed by atoms with Gasteiger partial charge >= 0.3 is 6.09 Å². The number of amides is 1. The Balaban J connectivity index is 2.02. The van der Waals surface area contributed by atoms with E-state index in [0.29, 0.717) is 11.4 Å². The van der Waals surface area contributed by atoms with E-state index in [1.807, 2.05) is 38.3 Å². The van der Waals surface area contributed by atoms with Crippen LogP contribution in [0, 0.1) is 0 Å². The number of ether oxygens (including phenoxy) is 2. The minimum atomic E-state index is -0.542. The van der Waals surface area contributed by atoms with Crippen molar-refractivity contribution in [1.82, 2.24) is 0 Å². The van der Waals surface area contributed by atoms with Crippen LogP contribution in [0.3, 0.4) is 0 Å². The van der Waals surface area contributed by atoms with Gasteiger partial charge in [-0.15, -0.1) is 0 Å². The van der Waals surface area contributed by atoms with Gasteiger partial charge in [-0.1, -0.05) is 0 Å². The summed E-state index contributed by atoms with van der Waals surface area (Å²) < 4.78 is 10.6. The van der Waals surface area contributed by atoms with Crippen molar-refractivity contribution in [1.29, 1.82) is 0 Å². The molecule has 0 atom stereocenters. The van der Waals surface area contributed by atoms with Crippen LogP contribution >= 0.6 is 11.3 Å². The number of carbonyl (C=O) groups excluding carboxylic acids is 1. The fourth-order valence-corrected chi connectivity index (χ4v) is 2.58. The molecule has 124 valence electrons. The molecule has 2 N–H and O–H groups in total. The first-order chi connectivity index (χ1) is 10.9. The molecule has 0 saturated heterocycles. The summed E-state index contributed by atoms with van der Waals surface area (Å²) in [5.74, 6) is 0.575. The highest BCUT2D eigenvalue weighted by atomic mass is 32.1. The molecule has 0 aliphatic rings. The van der Waals surface area contributed by atoms with Crippen molar-refractivity contribution in [2.45, 2.75) is 32.9 Å². The lowest BCUT2D eigenvalue weighted by atomic mass is 10.2. The third-order valence-corrected chi connectivity index (χ3v) is 3.65. The quantitative estimate of drug-likeness (QED) is 0.831. The molecule has 0 fully saturated rings. The van der Waals surface area contributed by atoms with Crippen molar-refractivity contribution in [3.63, 3.8) is 0 Å². The van der Waals surface area contributed by atoms with Crippen LogP contribution in [0.4, 0.5) is 16.2 Å². The lowest BCUT2D eigenvalue weighted by Gasteiger charge is -2.20. The maximum absolute atomic E-state index is 11.9. The van der Waals surface area contributed by atoms with E-state index < -0.39 is 11.7 Å². The number of rotatable bonds is 5. The molecule has 0 spiro atoms. The predicted octanol–water partition coefficient (Wildman–Crippen LogP) is 4.72. The number of methoxy groups -OCH3 is 1. The highest BCUT2D eigenvalue weighted by molar-refractivity contribution is 7.07. The number of hydrogen-bond acceptors (Lipinski definition) is 5. The topological polar surface area (TPSA) is 59.6 Å². The predicted molar refractivity (Wildman–Crippen MR) is 94.5 cm³/mol. The molecule has 0 saturated carbocycles. The molecule has 0 aliphatic heterocycles. The Bertz CT molecular complexity index is 648. The molecule has 1 heterocycles. The number of nitrogens with one attached hydrogen (secondary N) is 2. The van der Waals surface area contributed by atoms with Gasteiger partial charge in [-0.2, -0.15) is 11.3 Å². The van der Waals surface area contributed by atoms with Crippen LogP contribution in [0.1, 0.15) is 26.3 Å². The Morgan fingerprint density at radius 3 is 2.65 bits per heavy atom.